The highest BCUT2D eigenvalue weighted by atomic mass is 16.5. The Balaban J connectivity index is 2.05. The summed E-state index contributed by atoms with van der Waals surface area (Å²) >= 11 is 0. The molecule has 8 heteroatoms. The quantitative estimate of drug-likeness (QED) is 0.724. The number of carbonyl (C=O) groups excluding carboxylic acids is 1. The van der Waals surface area contributed by atoms with Crippen LogP contribution in [-0.4, -0.2) is 40.9 Å². The normalized spacial score (nSPS) is 10.5. The minimum atomic E-state index is -0.692. The van der Waals surface area contributed by atoms with E-state index in [4.69, 9.17) is 4.74 Å². The van der Waals surface area contributed by atoms with Gasteiger partial charge in [-0.05, 0) is 18.6 Å². The summed E-state index contributed by atoms with van der Waals surface area (Å²) < 4.78 is 10.6. The van der Waals surface area contributed by atoms with E-state index in [0.717, 1.165) is 4.57 Å². The molecular weight excluding hydrogens is 276 g/mol. The van der Waals surface area contributed by atoms with E-state index in [1.165, 1.54) is 0 Å². The number of pyridine rings is 1. The summed E-state index contributed by atoms with van der Waals surface area (Å²) in [4.78, 5) is 27.5. The molecule has 0 unspecified atom stereocenters. The van der Waals surface area contributed by atoms with Crippen molar-refractivity contribution in [2.75, 3.05) is 20.3 Å². The first-order valence-corrected chi connectivity index (χ1v) is 6.46. The molecule has 2 rings (SSSR count). The van der Waals surface area contributed by atoms with Crippen molar-refractivity contribution < 1.29 is 14.1 Å². The van der Waals surface area contributed by atoms with Gasteiger partial charge in [0.05, 0.1) is 0 Å². The van der Waals surface area contributed by atoms with Gasteiger partial charge in [-0.1, -0.05) is 11.2 Å². The van der Waals surface area contributed by atoms with Gasteiger partial charge in [-0.3, -0.25) is 14.3 Å². The lowest BCUT2D eigenvalue weighted by atomic mass is 10.3. The molecule has 8 nitrogen and oxygen atoms in total. The Morgan fingerprint density at radius 3 is 3.05 bits per heavy atom. The summed E-state index contributed by atoms with van der Waals surface area (Å²) in [5, 5.41) is 6.35. The van der Waals surface area contributed by atoms with Crippen molar-refractivity contribution in [2.45, 2.75) is 13.0 Å². The second-order valence-corrected chi connectivity index (χ2v) is 4.27. The van der Waals surface area contributed by atoms with Crippen LogP contribution in [0.3, 0.4) is 0 Å². The van der Waals surface area contributed by atoms with Gasteiger partial charge in [-0.25, -0.2) is 9.36 Å². The van der Waals surface area contributed by atoms with Gasteiger partial charge in [0.15, 0.2) is 0 Å². The first-order chi connectivity index (χ1) is 10.2. The van der Waals surface area contributed by atoms with Crippen LogP contribution >= 0.6 is 0 Å². The number of hydrogen-bond donors (Lipinski definition) is 1. The molecular formula is C13H16N4O4. The van der Waals surface area contributed by atoms with E-state index in [0.29, 0.717) is 25.3 Å². The molecule has 2 aromatic heterocycles. The Hall–Kier alpha value is -2.48. The molecule has 0 aromatic carbocycles. The molecule has 1 amide bonds. The van der Waals surface area contributed by atoms with E-state index >= 15 is 0 Å². The second kappa shape index (κ2) is 7.34. The fourth-order valence-electron chi connectivity index (χ4n) is 1.73. The van der Waals surface area contributed by atoms with Crippen LogP contribution in [0.1, 0.15) is 6.42 Å². The van der Waals surface area contributed by atoms with E-state index < -0.39 is 5.76 Å². The van der Waals surface area contributed by atoms with Gasteiger partial charge in [0.25, 0.3) is 0 Å². The number of nitrogens with one attached hydrogen (secondary N) is 1. The summed E-state index contributed by atoms with van der Waals surface area (Å²) in [6.45, 7) is 0.875. The van der Waals surface area contributed by atoms with Crippen molar-refractivity contribution in [3.63, 3.8) is 0 Å². The van der Waals surface area contributed by atoms with Crippen LogP contribution in [0.15, 0.2) is 33.7 Å². The molecule has 0 atom stereocenters. The fraction of sp³-hybridized carbons (Fsp3) is 0.385. The van der Waals surface area contributed by atoms with E-state index in [2.05, 4.69) is 20.0 Å². The first-order valence-electron chi connectivity index (χ1n) is 6.46. The van der Waals surface area contributed by atoms with Crippen LogP contribution < -0.4 is 11.1 Å². The maximum Gasteiger partial charge on any atom is 0.442 e. The zero-order valence-corrected chi connectivity index (χ0v) is 11.6. The zero-order valence-electron chi connectivity index (χ0n) is 11.6. The van der Waals surface area contributed by atoms with Crippen molar-refractivity contribution >= 4 is 5.91 Å². The monoisotopic (exact) mass is 292 g/mol. The lowest BCUT2D eigenvalue weighted by Gasteiger charge is -2.06. The fourth-order valence-corrected chi connectivity index (χ4v) is 1.73. The molecule has 0 aliphatic carbocycles. The van der Waals surface area contributed by atoms with Crippen LogP contribution in [0.4, 0.5) is 0 Å². The highest BCUT2D eigenvalue weighted by molar-refractivity contribution is 5.76. The van der Waals surface area contributed by atoms with Crippen LogP contribution in [0, 0.1) is 0 Å². The third-order valence-electron chi connectivity index (χ3n) is 2.73. The smallest absolute Gasteiger partial charge is 0.385 e. The summed E-state index contributed by atoms with van der Waals surface area (Å²) in [5.41, 5.74) is 0.468. The minimum Gasteiger partial charge on any atom is -0.385 e. The summed E-state index contributed by atoms with van der Waals surface area (Å²) in [5.74, 6) is -0.760. The van der Waals surface area contributed by atoms with Crippen molar-refractivity contribution in [2.24, 2.45) is 0 Å². The molecule has 1 N–H and O–H groups in total. The van der Waals surface area contributed by atoms with Crippen molar-refractivity contribution in [3.8, 4) is 11.5 Å². The predicted molar refractivity (Wildman–Crippen MR) is 73.5 cm³/mol. The van der Waals surface area contributed by atoms with Gasteiger partial charge in [0.1, 0.15) is 12.2 Å². The molecule has 2 aromatic rings. The Morgan fingerprint density at radius 2 is 2.33 bits per heavy atom. The van der Waals surface area contributed by atoms with Gasteiger partial charge in [0, 0.05) is 26.5 Å². The highest BCUT2D eigenvalue weighted by Crippen LogP contribution is 2.11. The van der Waals surface area contributed by atoms with E-state index in [1.807, 2.05) is 0 Å². The summed E-state index contributed by atoms with van der Waals surface area (Å²) in [7, 11) is 1.59. The lowest BCUT2D eigenvalue weighted by Crippen LogP contribution is -2.32. The van der Waals surface area contributed by atoms with Crippen molar-refractivity contribution in [1.82, 2.24) is 20.0 Å². The van der Waals surface area contributed by atoms with Crippen LogP contribution in [0.2, 0.25) is 0 Å². The molecule has 112 valence electrons. The zero-order chi connectivity index (χ0) is 15.1. The molecule has 21 heavy (non-hydrogen) atoms. The number of carbonyl (C=O) groups is 1. The number of methoxy groups -OCH3 is 1. The van der Waals surface area contributed by atoms with Crippen LogP contribution in [-0.2, 0) is 16.1 Å². The van der Waals surface area contributed by atoms with Crippen molar-refractivity contribution in [1.29, 1.82) is 0 Å². The minimum absolute atomic E-state index is 0.165. The Bertz CT molecular complexity index is 635. The number of rotatable bonds is 7. The average Bonchev–Trinajstić information content (AvgIpc) is 2.86. The van der Waals surface area contributed by atoms with Gasteiger partial charge < -0.3 is 10.1 Å². The Morgan fingerprint density at radius 1 is 1.48 bits per heavy atom. The van der Waals surface area contributed by atoms with E-state index in [1.54, 1.807) is 31.5 Å². The number of amides is 1. The van der Waals surface area contributed by atoms with Crippen LogP contribution in [0.5, 0.6) is 0 Å². The van der Waals surface area contributed by atoms with E-state index in [-0.39, 0.29) is 18.3 Å². The molecule has 0 aliphatic rings. The summed E-state index contributed by atoms with van der Waals surface area (Å²) in [6.07, 6.45) is 2.28. The number of hydrogen-bond acceptors (Lipinski definition) is 6. The van der Waals surface area contributed by atoms with Crippen molar-refractivity contribution in [3.05, 3.63) is 34.9 Å². The number of nitrogens with zero attached hydrogens (tertiary/aromatic N) is 3. The SMILES string of the molecule is COCCCNC(=O)Cn1c(-c2ccccn2)noc1=O. The standard InChI is InChI=1S/C13H16N4O4/c1-20-8-4-7-15-11(18)9-17-12(16-21-13(17)19)10-5-2-3-6-14-10/h2-3,5-6H,4,7-9H2,1H3,(H,15,18). The highest BCUT2D eigenvalue weighted by Gasteiger charge is 2.16. The third-order valence-corrected chi connectivity index (χ3v) is 2.73. The molecule has 0 spiro atoms. The molecule has 2 heterocycles. The first kappa shape index (κ1) is 14.9. The second-order valence-electron chi connectivity index (χ2n) is 4.27. The van der Waals surface area contributed by atoms with Gasteiger partial charge in [-0.2, -0.15) is 0 Å². The molecule has 0 saturated carbocycles. The molecule has 0 aliphatic heterocycles. The maximum absolute atomic E-state index is 11.8. The number of aromatic nitrogens is 3. The lowest BCUT2D eigenvalue weighted by molar-refractivity contribution is -0.121. The number of ether oxygens (including phenoxy) is 1. The van der Waals surface area contributed by atoms with E-state index in [9.17, 15) is 9.59 Å². The van der Waals surface area contributed by atoms with Gasteiger partial charge in [-0.15, -0.1) is 0 Å². The van der Waals surface area contributed by atoms with Gasteiger partial charge in [0.2, 0.25) is 11.7 Å². The van der Waals surface area contributed by atoms with Gasteiger partial charge >= 0.3 is 5.76 Å². The largest absolute Gasteiger partial charge is 0.442 e. The third kappa shape index (κ3) is 3.99. The van der Waals surface area contributed by atoms with Crippen LogP contribution in [0.25, 0.3) is 11.5 Å². The topological polar surface area (TPSA) is 99.2 Å². The Labute approximate surface area is 120 Å². The summed E-state index contributed by atoms with van der Waals surface area (Å²) in [6, 6.07) is 5.19. The average molecular weight is 292 g/mol. The maximum atomic E-state index is 11.8. The molecule has 0 radical (unpaired) electrons. The molecule has 0 saturated heterocycles. The predicted octanol–water partition coefficient (Wildman–Crippen LogP) is 0.0510. The molecule has 0 bridgehead atoms. The molecule has 0 fully saturated rings. The Kier molecular flexibility index (Phi) is 5.22.